The molecule has 2 N–H and O–H groups in total. The van der Waals surface area contributed by atoms with Gasteiger partial charge in [0, 0.05) is 11.8 Å². The maximum absolute atomic E-state index is 11.9. The van der Waals surface area contributed by atoms with Gasteiger partial charge in [-0.05, 0) is 30.7 Å². The summed E-state index contributed by atoms with van der Waals surface area (Å²) in [4.78, 5) is 4.22. The molecule has 8 heteroatoms. The van der Waals surface area contributed by atoms with Gasteiger partial charge >= 0.3 is 0 Å². The molecule has 0 bridgehead atoms. The summed E-state index contributed by atoms with van der Waals surface area (Å²) in [5.74, 6) is 2.11. The van der Waals surface area contributed by atoms with Gasteiger partial charge < -0.3 is 14.8 Å². The van der Waals surface area contributed by atoms with Crippen molar-refractivity contribution in [3.05, 3.63) is 36.5 Å². The Labute approximate surface area is 141 Å². The summed E-state index contributed by atoms with van der Waals surface area (Å²) in [6.07, 6.45) is 2.95. The number of aromatic nitrogens is 1. The van der Waals surface area contributed by atoms with Crippen LogP contribution in [-0.4, -0.2) is 25.9 Å². The number of nitrogens with one attached hydrogen (secondary N) is 2. The van der Waals surface area contributed by atoms with Crippen LogP contribution in [0.5, 0.6) is 11.5 Å². The van der Waals surface area contributed by atoms with Crippen molar-refractivity contribution >= 4 is 27.2 Å². The number of sulfonamides is 1. The molecule has 0 aliphatic carbocycles. The normalized spacial score (nSPS) is 12.9. The lowest BCUT2D eigenvalue weighted by Crippen LogP contribution is -2.16. The third kappa shape index (κ3) is 4.08. The maximum Gasteiger partial charge on any atom is 0.232 e. The van der Waals surface area contributed by atoms with Gasteiger partial charge in [-0.25, -0.2) is 13.4 Å². The van der Waals surface area contributed by atoms with E-state index < -0.39 is 10.0 Å². The van der Waals surface area contributed by atoms with Gasteiger partial charge in [0.15, 0.2) is 11.5 Å². The van der Waals surface area contributed by atoms with Crippen LogP contribution in [0.15, 0.2) is 36.5 Å². The van der Waals surface area contributed by atoms with E-state index in [1.165, 1.54) is 6.20 Å². The van der Waals surface area contributed by atoms with E-state index in [4.69, 9.17) is 9.47 Å². The Morgan fingerprint density at radius 3 is 2.67 bits per heavy atom. The highest BCUT2D eigenvalue weighted by Gasteiger charge is 2.13. The van der Waals surface area contributed by atoms with Crippen LogP contribution in [0.4, 0.5) is 17.2 Å². The molecule has 0 amide bonds. The van der Waals surface area contributed by atoms with Crippen LogP contribution in [0.25, 0.3) is 0 Å². The fraction of sp³-hybridized carbons (Fsp3) is 0.312. The molecule has 0 saturated carbocycles. The lowest BCUT2D eigenvalue weighted by Gasteiger charge is -2.09. The molecule has 2 aromatic rings. The number of ether oxygens (including phenoxy) is 2. The van der Waals surface area contributed by atoms with E-state index in [1.807, 2.05) is 25.1 Å². The van der Waals surface area contributed by atoms with Crippen LogP contribution < -0.4 is 19.5 Å². The molecule has 1 aromatic heterocycles. The van der Waals surface area contributed by atoms with E-state index in [2.05, 4.69) is 15.0 Å². The number of rotatable bonds is 7. The highest BCUT2D eigenvalue weighted by atomic mass is 32.2. The van der Waals surface area contributed by atoms with Crippen LogP contribution in [0.3, 0.4) is 0 Å². The van der Waals surface area contributed by atoms with Crippen molar-refractivity contribution in [2.24, 2.45) is 0 Å². The molecule has 2 heterocycles. The summed E-state index contributed by atoms with van der Waals surface area (Å²) >= 11 is 0. The zero-order valence-electron chi connectivity index (χ0n) is 13.3. The average Bonchev–Trinajstić information content (AvgIpc) is 3.02. The van der Waals surface area contributed by atoms with Gasteiger partial charge in [0.25, 0.3) is 0 Å². The molecular formula is C16H19N3O4S. The molecular weight excluding hydrogens is 330 g/mol. The number of nitrogens with zero attached hydrogens (tertiary/aromatic N) is 1. The third-order valence-corrected chi connectivity index (χ3v) is 4.82. The second-order valence-corrected chi connectivity index (χ2v) is 7.24. The van der Waals surface area contributed by atoms with Crippen molar-refractivity contribution in [3.63, 3.8) is 0 Å². The number of anilines is 3. The topological polar surface area (TPSA) is 89.6 Å². The minimum Gasteiger partial charge on any atom is -0.454 e. The van der Waals surface area contributed by atoms with Gasteiger partial charge in [-0.3, -0.25) is 4.72 Å². The van der Waals surface area contributed by atoms with Crippen molar-refractivity contribution < 1.29 is 17.9 Å². The molecule has 0 unspecified atom stereocenters. The summed E-state index contributed by atoms with van der Waals surface area (Å²) in [6.45, 7) is 2.18. The van der Waals surface area contributed by atoms with Crippen LogP contribution >= 0.6 is 0 Å². The van der Waals surface area contributed by atoms with Gasteiger partial charge in [-0.1, -0.05) is 13.3 Å². The van der Waals surface area contributed by atoms with Gasteiger partial charge in [-0.15, -0.1) is 0 Å². The highest BCUT2D eigenvalue weighted by Crippen LogP contribution is 2.34. The first kappa shape index (κ1) is 16.4. The Bertz CT molecular complexity index is 807. The highest BCUT2D eigenvalue weighted by molar-refractivity contribution is 7.92. The summed E-state index contributed by atoms with van der Waals surface area (Å²) in [6, 6.07) is 8.89. The predicted octanol–water partition coefficient (Wildman–Crippen LogP) is 3.10. The Morgan fingerprint density at radius 2 is 1.92 bits per heavy atom. The minimum absolute atomic E-state index is 0.112. The van der Waals surface area contributed by atoms with Crippen molar-refractivity contribution in [1.82, 2.24) is 4.98 Å². The monoisotopic (exact) mass is 349 g/mol. The number of hydrogen-bond donors (Lipinski definition) is 2. The van der Waals surface area contributed by atoms with E-state index >= 15 is 0 Å². The second-order valence-electron chi connectivity index (χ2n) is 5.40. The minimum atomic E-state index is -3.32. The molecule has 24 heavy (non-hydrogen) atoms. The van der Waals surface area contributed by atoms with E-state index in [-0.39, 0.29) is 12.5 Å². The third-order valence-electron chi connectivity index (χ3n) is 3.45. The van der Waals surface area contributed by atoms with Gasteiger partial charge in [0.2, 0.25) is 16.8 Å². The lowest BCUT2D eigenvalue weighted by molar-refractivity contribution is 0.174. The Kier molecular flexibility index (Phi) is 4.75. The molecule has 0 atom stereocenters. The van der Waals surface area contributed by atoms with Crippen LogP contribution in [0, 0.1) is 0 Å². The Morgan fingerprint density at radius 1 is 1.12 bits per heavy atom. The smallest absolute Gasteiger partial charge is 0.232 e. The quantitative estimate of drug-likeness (QED) is 0.798. The number of hydrogen-bond acceptors (Lipinski definition) is 6. The fourth-order valence-electron chi connectivity index (χ4n) is 2.22. The molecule has 128 valence electrons. The second kappa shape index (κ2) is 6.96. The molecule has 0 saturated heterocycles. The Hall–Kier alpha value is -2.48. The zero-order chi connectivity index (χ0) is 17.0. The molecule has 1 aromatic carbocycles. The van der Waals surface area contributed by atoms with Crippen molar-refractivity contribution in [3.8, 4) is 11.5 Å². The van der Waals surface area contributed by atoms with Crippen LogP contribution in [0.2, 0.25) is 0 Å². The first-order valence-electron chi connectivity index (χ1n) is 7.69. The summed E-state index contributed by atoms with van der Waals surface area (Å²) < 4.78 is 36.8. The maximum atomic E-state index is 11.9. The molecule has 7 nitrogen and oxygen atoms in total. The first-order valence-corrected chi connectivity index (χ1v) is 9.34. The molecule has 0 radical (unpaired) electrons. The van der Waals surface area contributed by atoms with E-state index in [0.717, 1.165) is 12.1 Å². The van der Waals surface area contributed by atoms with Crippen molar-refractivity contribution in [1.29, 1.82) is 0 Å². The SMILES string of the molecule is CCCCS(=O)(=O)Nc1ccc(Nc2ccc3c(c2)OCO3)nc1. The Balaban J connectivity index is 1.64. The molecule has 0 fully saturated rings. The van der Waals surface area contributed by atoms with Gasteiger partial charge in [0.1, 0.15) is 5.82 Å². The molecule has 1 aliphatic heterocycles. The van der Waals surface area contributed by atoms with E-state index in [0.29, 0.717) is 29.4 Å². The number of benzene rings is 1. The summed E-state index contributed by atoms with van der Waals surface area (Å²) in [5.41, 5.74) is 1.25. The van der Waals surface area contributed by atoms with E-state index in [9.17, 15) is 8.42 Å². The van der Waals surface area contributed by atoms with Gasteiger partial charge in [0.05, 0.1) is 17.6 Å². The van der Waals surface area contributed by atoms with Crippen LogP contribution in [0.1, 0.15) is 19.8 Å². The average molecular weight is 349 g/mol. The number of unbranched alkanes of at least 4 members (excludes halogenated alkanes) is 1. The first-order chi connectivity index (χ1) is 11.6. The number of pyridine rings is 1. The standard InChI is InChI=1S/C16H19N3O4S/c1-2-3-8-24(20,21)19-13-5-7-16(17-10-13)18-12-4-6-14-15(9-12)23-11-22-14/h4-7,9-10,19H,2-3,8,11H2,1H3,(H,17,18). The molecule has 3 rings (SSSR count). The summed E-state index contributed by atoms with van der Waals surface area (Å²) in [5, 5.41) is 3.13. The molecule has 1 aliphatic rings. The molecule has 0 spiro atoms. The zero-order valence-corrected chi connectivity index (χ0v) is 14.1. The van der Waals surface area contributed by atoms with Crippen molar-refractivity contribution in [2.45, 2.75) is 19.8 Å². The predicted molar refractivity (Wildman–Crippen MR) is 92.4 cm³/mol. The number of fused-ring (bicyclic) bond motifs is 1. The van der Waals surface area contributed by atoms with Crippen LogP contribution in [-0.2, 0) is 10.0 Å². The van der Waals surface area contributed by atoms with E-state index in [1.54, 1.807) is 12.1 Å². The lowest BCUT2D eigenvalue weighted by atomic mass is 10.2. The largest absolute Gasteiger partial charge is 0.454 e. The van der Waals surface area contributed by atoms with Crippen molar-refractivity contribution in [2.75, 3.05) is 22.6 Å². The summed E-state index contributed by atoms with van der Waals surface area (Å²) in [7, 11) is -3.32. The fourth-order valence-corrected chi connectivity index (χ4v) is 3.47. The van der Waals surface area contributed by atoms with Gasteiger partial charge in [-0.2, -0.15) is 0 Å².